The first-order valence-electron chi connectivity index (χ1n) is 7.83. The summed E-state index contributed by atoms with van der Waals surface area (Å²) < 4.78 is 31.6. The lowest BCUT2D eigenvalue weighted by molar-refractivity contribution is -0.137. The van der Waals surface area contributed by atoms with Crippen LogP contribution in [0.4, 0.5) is 0 Å². The molecule has 3 rings (SSSR count). The summed E-state index contributed by atoms with van der Waals surface area (Å²) in [5.74, 6) is -1.39. The molecule has 7 heteroatoms. The minimum atomic E-state index is -3.71. The maximum atomic E-state index is 12.2. The van der Waals surface area contributed by atoms with Crippen molar-refractivity contribution in [2.75, 3.05) is 26.0 Å². The van der Waals surface area contributed by atoms with E-state index in [4.69, 9.17) is 0 Å². The maximum absolute atomic E-state index is 12.2. The van der Waals surface area contributed by atoms with Gasteiger partial charge in [0.15, 0.2) is 5.75 Å². The van der Waals surface area contributed by atoms with Crippen molar-refractivity contribution in [3.05, 3.63) is 35.4 Å². The molecular formula is C16H22N2O4S. The van der Waals surface area contributed by atoms with Crippen molar-refractivity contribution >= 4 is 16.0 Å². The van der Waals surface area contributed by atoms with Gasteiger partial charge in [0.2, 0.25) is 10.0 Å². The molecule has 1 fully saturated rings. The lowest BCUT2D eigenvalue weighted by Gasteiger charge is -2.35. The van der Waals surface area contributed by atoms with Gasteiger partial charge in [-0.05, 0) is 48.9 Å². The SMILES string of the molecule is COC(=O)CS(=O)(=O)NC1CC2(CCNCC2)c2ccccc21. The predicted octanol–water partition coefficient (Wildman–Crippen LogP) is 0.845. The van der Waals surface area contributed by atoms with Gasteiger partial charge in [-0.15, -0.1) is 0 Å². The van der Waals surface area contributed by atoms with Crippen LogP contribution in [0.3, 0.4) is 0 Å². The van der Waals surface area contributed by atoms with Crippen molar-refractivity contribution in [3.8, 4) is 0 Å². The molecular weight excluding hydrogens is 316 g/mol. The number of nitrogens with one attached hydrogen (secondary N) is 2. The van der Waals surface area contributed by atoms with Crippen LogP contribution in [0, 0.1) is 0 Å². The van der Waals surface area contributed by atoms with Gasteiger partial charge in [0.25, 0.3) is 0 Å². The van der Waals surface area contributed by atoms with E-state index in [2.05, 4.69) is 20.8 Å². The highest BCUT2D eigenvalue weighted by molar-refractivity contribution is 7.90. The van der Waals surface area contributed by atoms with Crippen molar-refractivity contribution in [2.24, 2.45) is 0 Å². The number of hydrogen-bond donors (Lipinski definition) is 2. The zero-order chi connectivity index (χ0) is 16.5. The largest absolute Gasteiger partial charge is 0.468 e. The van der Waals surface area contributed by atoms with Crippen LogP contribution in [0.25, 0.3) is 0 Å². The first-order chi connectivity index (χ1) is 11.0. The normalized spacial score (nSPS) is 22.7. The molecule has 2 N–H and O–H groups in total. The summed E-state index contributed by atoms with van der Waals surface area (Å²) >= 11 is 0. The predicted molar refractivity (Wildman–Crippen MR) is 86.5 cm³/mol. The van der Waals surface area contributed by atoms with Gasteiger partial charge >= 0.3 is 5.97 Å². The van der Waals surface area contributed by atoms with E-state index < -0.39 is 21.7 Å². The number of sulfonamides is 1. The maximum Gasteiger partial charge on any atom is 0.322 e. The van der Waals surface area contributed by atoms with Gasteiger partial charge in [-0.25, -0.2) is 13.1 Å². The van der Waals surface area contributed by atoms with E-state index in [0.29, 0.717) is 0 Å². The zero-order valence-electron chi connectivity index (χ0n) is 13.2. The highest BCUT2D eigenvalue weighted by atomic mass is 32.2. The quantitative estimate of drug-likeness (QED) is 0.795. The van der Waals surface area contributed by atoms with Crippen molar-refractivity contribution in [1.29, 1.82) is 0 Å². The summed E-state index contributed by atoms with van der Waals surface area (Å²) in [4.78, 5) is 11.3. The minimum Gasteiger partial charge on any atom is -0.468 e. The van der Waals surface area contributed by atoms with E-state index in [1.54, 1.807) is 0 Å². The Hall–Kier alpha value is -1.44. The van der Waals surface area contributed by atoms with Gasteiger partial charge in [0.1, 0.15) is 0 Å². The second-order valence-electron chi connectivity index (χ2n) is 6.33. The van der Waals surface area contributed by atoms with Crippen LogP contribution >= 0.6 is 0 Å². The minimum absolute atomic E-state index is 0.0281. The van der Waals surface area contributed by atoms with E-state index in [1.807, 2.05) is 18.2 Å². The van der Waals surface area contributed by atoms with Gasteiger partial charge < -0.3 is 10.1 Å². The third kappa shape index (κ3) is 3.27. The second kappa shape index (κ2) is 6.22. The fourth-order valence-electron chi connectivity index (χ4n) is 3.85. The van der Waals surface area contributed by atoms with Crippen LogP contribution < -0.4 is 10.0 Å². The molecule has 0 amide bonds. The zero-order valence-corrected chi connectivity index (χ0v) is 14.0. The lowest BCUT2D eigenvalue weighted by atomic mass is 9.74. The number of fused-ring (bicyclic) bond motifs is 2. The number of carbonyl (C=O) groups is 1. The van der Waals surface area contributed by atoms with E-state index in [-0.39, 0.29) is 11.5 Å². The molecule has 23 heavy (non-hydrogen) atoms. The average Bonchev–Trinajstić information content (AvgIpc) is 2.81. The Bertz CT molecular complexity index is 696. The summed E-state index contributed by atoms with van der Waals surface area (Å²) in [6.45, 7) is 1.88. The number of rotatable bonds is 4. The van der Waals surface area contributed by atoms with E-state index in [1.165, 1.54) is 12.7 Å². The van der Waals surface area contributed by atoms with Crippen LogP contribution in [0.5, 0.6) is 0 Å². The molecule has 1 aromatic carbocycles. The summed E-state index contributed by atoms with van der Waals surface area (Å²) in [5.41, 5.74) is 2.30. The Morgan fingerprint density at radius 3 is 2.74 bits per heavy atom. The molecule has 1 unspecified atom stereocenters. The van der Waals surface area contributed by atoms with Crippen molar-refractivity contribution in [1.82, 2.24) is 10.0 Å². The number of piperidine rings is 1. The van der Waals surface area contributed by atoms with Crippen LogP contribution in [0.15, 0.2) is 24.3 Å². The molecule has 0 aromatic heterocycles. The Morgan fingerprint density at radius 2 is 2.04 bits per heavy atom. The Balaban J connectivity index is 1.86. The summed E-state index contributed by atoms with van der Waals surface area (Å²) in [6, 6.07) is 7.75. The topological polar surface area (TPSA) is 84.5 Å². The number of benzene rings is 1. The average molecular weight is 338 g/mol. The monoisotopic (exact) mass is 338 g/mol. The number of hydrogen-bond acceptors (Lipinski definition) is 5. The van der Waals surface area contributed by atoms with Crippen molar-refractivity contribution < 1.29 is 17.9 Å². The van der Waals surface area contributed by atoms with Gasteiger partial charge in [-0.1, -0.05) is 24.3 Å². The van der Waals surface area contributed by atoms with Crippen molar-refractivity contribution in [3.63, 3.8) is 0 Å². The van der Waals surface area contributed by atoms with Gasteiger partial charge in [0, 0.05) is 6.04 Å². The number of methoxy groups -OCH3 is 1. The highest BCUT2D eigenvalue weighted by Crippen LogP contribution is 2.49. The first kappa shape index (κ1) is 16.4. The molecule has 6 nitrogen and oxygen atoms in total. The molecule has 126 valence electrons. The van der Waals surface area contributed by atoms with Gasteiger partial charge in [-0.3, -0.25) is 4.79 Å². The number of ether oxygens (including phenoxy) is 1. The molecule has 1 saturated heterocycles. The van der Waals surface area contributed by atoms with Crippen LogP contribution in [-0.2, 0) is 25.0 Å². The molecule has 0 radical (unpaired) electrons. The van der Waals surface area contributed by atoms with Crippen molar-refractivity contribution in [2.45, 2.75) is 30.7 Å². The Kier molecular flexibility index (Phi) is 4.44. The van der Waals surface area contributed by atoms with Crippen LogP contribution in [0.2, 0.25) is 0 Å². The molecule has 1 aliphatic carbocycles. The highest BCUT2D eigenvalue weighted by Gasteiger charge is 2.45. The van der Waals surface area contributed by atoms with E-state index >= 15 is 0 Å². The third-order valence-electron chi connectivity index (χ3n) is 4.92. The molecule has 1 aromatic rings. The fourth-order valence-corrected chi connectivity index (χ4v) is 5.01. The Morgan fingerprint density at radius 1 is 1.35 bits per heavy atom. The van der Waals surface area contributed by atoms with Gasteiger partial charge in [-0.2, -0.15) is 0 Å². The molecule has 1 spiro atoms. The van der Waals surface area contributed by atoms with E-state index in [9.17, 15) is 13.2 Å². The smallest absolute Gasteiger partial charge is 0.322 e. The standard InChI is InChI=1S/C16H22N2O4S/c1-22-15(19)11-23(20,21)18-14-10-16(6-8-17-9-7-16)13-5-3-2-4-12(13)14/h2-5,14,17-18H,6-11H2,1H3. The summed E-state index contributed by atoms with van der Waals surface area (Å²) in [7, 11) is -2.53. The molecule has 1 atom stereocenters. The van der Waals surface area contributed by atoms with Gasteiger partial charge in [0.05, 0.1) is 7.11 Å². The molecule has 2 aliphatic rings. The number of esters is 1. The van der Waals surface area contributed by atoms with Crippen LogP contribution in [-0.4, -0.2) is 40.3 Å². The van der Waals surface area contributed by atoms with E-state index in [0.717, 1.165) is 37.9 Å². The first-order valence-corrected chi connectivity index (χ1v) is 9.48. The molecule has 1 heterocycles. The summed E-state index contributed by atoms with van der Waals surface area (Å²) in [5, 5.41) is 3.36. The molecule has 0 saturated carbocycles. The lowest BCUT2D eigenvalue weighted by Crippen LogP contribution is -2.39. The summed E-state index contributed by atoms with van der Waals surface area (Å²) in [6.07, 6.45) is 2.74. The third-order valence-corrected chi connectivity index (χ3v) is 6.18. The van der Waals surface area contributed by atoms with Crippen LogP contribution in [0.1, 0.15) is 36.4 Å². The fraction of sp³-hybridized carbons (Fsp3) is 0.562. The Labute approximate surface area is 136 Å². The second-order valence-corrected chi connectivity index (χ2v) is 8.08. The molecule has 0 bridgehead atoms. The molecule has 1 aliphatic heterocycles. The number of carbonyl (C=O) groups excluding carboxylic acids is 1.